The summed E-state index contributed by atoms with van der Waals surface area (Å²) in [6.45, 7) is 0. The molecule has 0 aromatic heterocycles. The molecule has 0 saturated heterocycles. The van der Waals surface area contributed by atoms with E-state index in [-0.39, 0.29) is 9.92 Å². The van der Waals surface area contributed by atoms with Gasteiger partial charge in [0.1, 0.15) is 5.82 Å². The third-order valence-electron chi connectivity index (χ3n) is 2.19. The second-order valence-electron chi connectivity index (χ2n) is 3.47. The maximum atomic E-state index is 13.2. The third kappa shape index (κ3) is 3.24. The first-order chi connectivity index (χ1) is 8.66. The van der Waals surface area contributed by atoms with Gasteiger partial charge in [-0.15, -0.1) is 0 Å². The molecule has 0 aliphatic carbocycles. The molecule has 0 radical (unpaired) electrons. The zero-order chi connectivity index (χ0) is 13.0. The fourth-order valence-electron chi connectivity index (χ4n) is 1.29. The molecule has 0 heterocycles. The lowest BCUT2D eigenvalue weighted by atomic mass is 10.2. The molecule has 5 heteroatoms. The highest BCUT2D eigenvalue weighted by molar-refractivity contribution is 7.83. The molecule has 1 atom stereocenters. The fraction of sp³-hybridized carbons (Fsp3) is 0. The maximum absolute atomic E-state index is 13.2. The monoisotopic (exact) mass is 281 g/mol. The van der Waals surface area contributed by atoms with Gasteiger partial charge in [0.15, 0.2) is 11.0 Å². The lowest BCUT2D eigenvalue weighted by molar-refractivity contribution is 0.623. The largest absolute Gasteiger partial charge is 0.229 e. The minimum Gasteiger partial charge on any atom is -0.229 e. The molecule has 0 fully saturated rings. The summed E-state index contributed by atoms with van der Waals surface area (Å²) < 4.78 is 28.8. The summed E-state index contributed by atoms with van der Waals surface area (Å²) in [5, 5.41) is 0.00258. The highest BCUT2D eigenvalue weighted by Crippen LogP contribution is 2.18. The first kappa shape index (κ1) is 12.9. The molecule has 2 aromatic carbocycles. The highest BCUT2D eigenvalue weighted by atomic mass is 35.5. The number of benzene rings is 2. The van der Waals surface area contributed by atoms with Gasteiger partial charge in [-0.2, -0.15) is 4.40 Å². The Balaban J connectivity index is 2.17. The Kier molecular flexibility index (Phi) is 4.23. The van der Waals surface area contributed by atoms with Crippen LogP contribution in [0, 0.1) is 5.82 Å². The van der Waals surface area contributed by atoms with Crippen molar-refractivity contribution >= 4 is 28.8 Å². The molecule has 0 N–H and O–H groups in total. The predicted molar refractivity (Wildman–Crippen MR) is 71.9 cm³/mol. The topological polar surface area (TPSA) is 29.4 Å². The highest BCUT2D eigenvalue weighted by Gasteiger charge is 2.05. The van der Waals surface area contributed by atoms with Crippen molar-refractivity contribution in [3.8, 4) is 0 Å². The smallest absolute Gasteiger partial charge is 0.172 e. The van der Waals surface area contributed by atoms with Gasteiger partial charge < -0.3 is 0 Å². The molecule has 2 nitrogen and oxygen atoms in total. The van der Waals surface area contributed by atoms with Crippen LogP contribution in [-0.4, -0.2) is 10.4 Å². The van der Waals surface area contributed by atoms with Crippen molar-refractivity contribution in [2.45, 2.75) is 4.90 Å². The Morgan fingerprint density at radius 2 is 1.89 bits per heavy atom. The SMILES string of the molecule is O=S(/N=C/c1ccccc1)c1ccc(Cl)c(F)c1. The zero-order valence-electron chi connectivity index (χ0n) is 9.22. The summed E-state index contributed by atoms with van der Waals surface area (Å²) >= 11 is 5.55. The van der Waals surface area contributed by atoms with Crippen molar-refractivity contribution in [1.29, 1.82) is 0 Å². The first-order valence-electron chi connectivity index (χ1n) is 5.13. The normalized spacial score (nSPS) is 12.8. The van der Waals surface area contributed by atoms with Crippen LogP contribution < -0.4 is 0 Å². The third-order valence-corrected chi connectivity index (χ3v) is 3.45. The zero-order valence-corrected chi connectivity index (χ0v) is 10.8. The second kappa shape index (κ2) is 5.89. The number of halogens is 2. The lowest BCUT2D eigenvalue weighted by Crippen LogP contribution is -1.90. The van der Waals surface area contributed by atoms with Crippen LogP contribution in [0.1, 0.15) is 5.56 Å². The van der Waals surface area contributed by atoms with Gasteiger partial charge in [0.2, 0.25) is 0 Å². The summed E-state index contributed by atoms with van der Waals surface area (Å²) in [6.07, 6.45) is 1.49. The maximum Gasteiger partial charge on any atom is 0.172 e. The van der Waals surface area contributed by atoms with Gasteiger partial charge in [-0.3, -0.25) is 0 Å². The minimum atomic E-state index is -1.63. The van der Waals surface area contributed by atoms with Gasteiger partial charge in [0, 0.05) is 6.21 Å². The molecule has 0 amide bonds. The molecule has 0 spiro atoms. The summed E-state index contributed by atoms with van der Waals surface area (Å²) in [6, 6.07) is 13.2. The Labute approximate surface area is 112 Å². The van der Waals surface area contributed by atoms with E-state index in [0.717, 1.165) is 11.6 Å². The van der Waals surface area contributed by atoms with Crippen molar-refractivity contribution in [1.82, 2.24) is 0 Å². The van der Waals surface area contributed by atoms with E-state index < -0.39 is 16.8 Å². The number of hydrogen-bond donors (Lipinski definition) is 0. The Bertz CT molecular complexity index is 601. The summed E-state index contributed by atoms with van der Waals surface area (Å²) in [7, 11) is -1.63. The number of hydrogen-bond acceptors (Lipinski definition) is 1. The summed E-state index contributed by atoms with van der Waals surface area (Å²) in [5.74, 6) is -0.600. The van der Waals surface area contributed by atoms with E-state index in [4.69, 9.17) is 11.6 Å². The number of rotatable bonds is 3. The molecule has 2 aromatic rings. The van der Waals surface area contributed by atoms with Crippen LogP contribution in [0.3, 0.4) is 0 Å². The van der Waals surface area contributed by atoms with Crippen molar-refractivity contribution in [3.05, 3.63) is 64.9 Å². The van der Waals surface area contributed by atoms with Gasteiger partial charge in [-0.05, 0) is 23.8 Å². The van der Waals surface area contributed by atoms with Crippen LogP contribution >= 0.6 is 11.6 Å². The minimum absolute atomic E-state index is 0.00258. The predicted octanol–water partition coefficient (Wildman–Crippen LogP) is 3.62. The van der Waals surface area contributed by atoms with Gasteiger partial charge in [-0.25, -0.2) is 8.60 Å². The van der Waals surface area contributed by atoms with E-state index in [0.29, 0.717) is 0 Å². The van der Waals surface area contributed by atoms with Crippen LogP contribution in [0.25, 0.3) is 0 Å². The van der Waals surface area contributed by atoms with Gasteiger partial charge in [-0.1, -0.05) is 41.9 Å². The van der Waals surface area contributed by atoms with Crippen molar-refractivity contribution in [2.75, 3.05) is 0 Å². The Morgan fingerprint density at radius 1 is 1.17 bits per heavy atom. The van der Waals surface area contributed by atoms with Crippen LogP contribution in [0.2, 0.25) is 5.02 Å². The molecular formula is C13H9ClFNOS. The van der Waals surface area contributed by atoms with E-state index in [1.807, 2.05) is 30.3 Å². The average molecular weight is 282 g/mol. The second-order valence-corrected chi connectivity index (χ2v) is 5.06. The molecule has 0 saturated carbocycles. The van der Waals surface area contributed by atoms with Crippen LogP contribution in [-0.2, 0) is 11.0 Å². The lowest BCUT2D eigenvalue weighted by Gasteiger charge is -1.98. The van der Waals surface area contributed by atoms with E-state index in [2.05, 4.69) is 4.40 Å². The molecule has 0 bridgehead atoms. The summed E-state index contributed by atoms with van der Waals surface area (Å²) in [5.41, 5.74) is 0.834. The molecule has 92 valence electrons. The van der Waals surface area contributed by atoms with Crippen molar-refractivity contribution < 1.29 is 8.60 Å². The van der Waals surface area contributed by atoms with Crippen LogP contribution in [0.5, 0.6) is 0 Å². The summed E-state index contributed by atoms with van der Waals surface area (Å²) in [4.78, 5) is 0.282. The van der Waals surface area contributed by atoms with E-state index >= 15 is 0 Å². The van der Waals surface area contributed by atoms with Gasteiger partial charge >= 0.3 is 0 Å². The first-order valence-corrected chi connectivity index (χ1v) is 6.61. The van der Waals surface area contributed by atoms with Crippen LogP contribution in [0.4, 0.5) is 4.39 Å². The average Bonchev–Trinajstić information content (AvgIpc) is 2.40. The number of nitrogens with zero attached hydrogens (tertiary/aromatic N) is 1. The fourth-order valence-corrected chi connectivity index (χ4v) is 2.14. The Hall–Kier alpha value is -1.52. The van der Waals surface area contributed by atoms with Gasteiger partial charge in [0.05, 0.1) is 9.92 Å². The molecule has 1 unspecified atom stereocenters. The Morgan fingerprint density at radius 3 is 2.56 bits per heavy atom. The molecule has 0 aliphatic rings. The molecule has 0 aliphatic heterocycles. The molecule has 18 heavy (non-hydrogen) atoms. The van der Waals surface area contributed by atoms with Crippen molar-refractivity contribution in [3.63, 3.8) is 0 Å². The van der Waals surface area contributed by atoms with Gasteiger partial charge in [0.25, 0.3) is 0 Å². The van der Waals surface area contributed by atoms with Crippen molar-refractivity contribution in [2.24, 2.45) is 4.40 Å². The molecular weight excluding hydrogens is 273 g/mol. The van der Waals surface area contributed by atoms with Crippen LogP contribution in [0.15, 0.2) is 57.8 Å². The van der Waals surface area contributed by atoms with E-state index in [1.54, 1.807) is 0 Å². The molecule has 2 rings (SSSR count). The van der Waals surface area contributed by atoms with E-state index in [1.165, 1.54) is 18.3 Å². The quantitative estimate of drug-likeness (QED) is 0.790. The standard InChI is InChI=1S/C13H9ClFNOS/c14-12-7-6-11(8-13(12)15)18(17)16-9-10-4-2-1-3-5-10/h1-9H/b16-9+. The van der Waals surface area contributed by atoms with E-state index in [9.17, 15) is 8.60 Å².